The van der Waals surface area contributed by atoms with E-state index in [1.165, 1.54) is 11.1 Å². The minimum atomic E-state index is 0.0203. The number of pyridine rings is 1. The molecule has 2 saturated carbocycles. The molecule has 0 saturated heterocycles. The standard InChI is InChI=1S/C26H30N2O3/c1-15-5-3-6-19-18(15)13-14-20-23(24(20)25(19)29)16-9-11-17(12-10-16)26(30)28-21-7-4-8-22(27-21)31-2/h3-8,16-17,20,23-24H,9-14H2,1-2H3,(H,27,28,30). The maximum atomic E-state index is 13.2. The van der Waals surface area contributed by atoms with Gasteiger partial charge in [-0.25, -0.2) is 0 Å². The second kappa shape index (κ2) is 8.10. The van der Waals surface area contributed by atoms with Crippen molar-refractivity contribution in [1.82, 2.24) is 4.98 Å². The van der Waals surface area contributed by atoms with Crippen LogP contribution in [-0.2, 0) is 11.2 Å². The summed E-state index contributed by atoms with van der Waals surface area (Å²) in [6.07, 6.45) is 6.00. The van der Waals surface area contributed by atoms with E-state index in [0.717, 1.165) is 44.1 Å². The zero-order chi connectivity index (χ0) is 21.5. The number of hydrogen-bond acceptors (Lipinski definition) is 4. The lowest BCUT2D eigenvalue weighted by molar-refractivity contribution is -0.121. The molecule has 162 valence electrons. The van der Waals surface area contributed by atoms with Gasteiger partial charge < -0.3 is 10.1 Å². The van der Waals surface area contributed by atoms with Gasteiger partial charge in [0, 0.05) is 23.5 Å². The van der Waals surface area contributed by atoms with Crippen molar-refractivity contribution in [3.8, 4) is 5.88 Å². The fourth-order valence-electron chi connectivity index (χ4n) is 6.13. The number of aryl methyl sites for hydroxylation is 1. The van der Waals surface area contributed by atoms with Crippen molar-refractivity contribution in [2.75, 3.05) is 12.4 Å². The topological polar surface area (TPSA) is 68.3 Å². The van der Waals surface area contributed by atoms with Crippen LogP contribution in [0, 0.1) is 36.5 Å². The molecule has 1 aromatic heterocycles. The third kappa shape index (κ3) is 3.75. The number of carbonyl (C=O) groups excluding carboxylic acids is 2. The van der Waals surface area contributed by atoms with E-state index in [-0.39, 0.29) is 17.7 Å². The van der Waals surface area contributed by atoms with Crippen LogP contribution in [0.25, 0.3) is 0 Å². The zero-order valence-electron chi connectivity index (χ0n) is 18.3. The van der Waals surface area contributed by atoms with E-state index < -0.39 is 0 Å². The maximum absolute atomic E-state index is 13.2. The molecule has 5 nitrogen and oxygen atoms in total. The lowest BCUT2D eigenvalue weighted by Gasteiger charge is -2.28. The molecule has 0 spiro atoms. The van der Waals surface area contributed by atoms with E-state index in [0.29, 0.717) is 35.2 Å². The maximum Gasteiger partial charge on any atom is 0.228 e. The molecule has 5 rings (SSSR count). The highest BCUT2D eigenvalue weighted by molar-refractivity contribution is 6.02. The Kier molecular flexibility index (Phi) is 5.28. The number of aromatic nitrogens is 1. The monoisotopic (exact) mass is 418 g/mol. The Morgan fingerprint density at radius 3 is 2.61 bits per heavy atom. The minimum Gasteiger partial charge on any atom is -0.481 e. The smallest absolute Gasteiger partial charge is 0.228 e. The van der Waals surface area contributed by atoms with Gasteiger partial charge in [0.25, 0.3) is 0 Å². The van der Waals surface area contributed by atoms with Gasteiger partial charge in [0.2, 0.25) is 11.8 Å². The molecule has 3 unspecified atom stereocenters. The first kappa shape index (κ1) is 20.2. The van der Waals surface area contributed by atoms with Crippen molar-refractivity contribution >= 4 is 17.5 Å². The molecule has 2 aromatic rings. The van der Waals surface area contributed by atoms with Gasteiger partial charge in [0.05, 0.1) is 7.11 Å². The van der Waals surface area contributed by atoms with Crippen LogP contribution in [0.3, 0.4) is 0 Å². The van der Waals surface area contributed by atoms with Crippen LogP contribution in [-0.4, -0.2) is 23.8 Å². The first-order valence-corrected chi connectivity index (χ1v) is 11.5. The highest BCUT2D eigenvalue weighted by atomic mass is 16.5. The second-order valence-electron chi connectivity index (χ2n) is 9.44. The average molecular weight is 419 g/mol. The van der Waals surface area contributed by atoms with Crippen molar-refractivity contribution < 1.29 is 14.3 Å². The van der Waals surface area contributed by atoms with Crippen LogP contribution in [0.2, 0.25) is 0 Å². The zero-order valence-corrected chi connectivity index (χ0v) is 18.3. The van der Waals surface area contributed by atoms with Gasteiger partial charge in [-0.3, -0.25) is 9.59 Å². The van der Waals surface area contributed by atoms with Crippen molar-refractivity contribution in [1.29, 1.82) is 0 Å². The Morgan fingerprint density at radius 1 is 1.06 bits per heavy atom. The Labute approximate surface area is 183 Å². The Hall–Kier alpha value is -2.69. The summed E-state index contributed by atoms with van der Waals surface area (Å²) >= 11 is 0. The van der Waals surface area contributed by atoms with Gasteiger partial charge in [-0.15, -0.1) is 0 Å². The molecule has 1 heterocycles. The molecule has 2 fully saturated rings. The summed E-state index contributed by atoms with van der Waals surface area (Å²) in [4.78, 5) is 30.2. The molecule has 3 aliphatic rings. The van der Waals surface area contributed by atoms with E-state index in [4.69, 9.17) is 4.74 Å². The van der Waals surface area contributed by atoms with Crippen molar-refractivity contribution in [2.45, 2.75) is 45.4 Å². The number of Topliss-reactive ketones (excluding diaryl/α,β-unsaturated/α-hetero) is 1. The summed E-state index contributed by atoms with van der Waals surface area (Å²) in [5.41, 5.74) is 3.49. The third-order valence-electron chi connectivity index (χ3n) is 7.81. The number of ketones is 1. The number of ether oxygens (including phenoxy) is 1. The van der Waals surface area contributed by atoms with Crippen LogP contribution < -0.4 is 10.1 Å². The summed E-state index contributed by atoms with van der Waals surface area (Å²) in [5, 5.41) is 2.94. The molecule has 1 aromatic carbocycles. The number of benzene rings is 1. The van der Waals surface area contributed by atoms with Gasteiger partial charge >= 0.3 is 0 Å². The molecular weight excluding hydrogens is 388 g/mol. The van der Waals surface area contributed by atoms with Crippen molar-refractivity contribution in [3.63, 3.8) is 0 Å². The highest BCUT2D eigenvalue weighted by Gasteiger charge is 2.58. The van der Waals surface area contributed by atoms with Gasteiger partial charge in [-0.05, 0) is 80.4 Å². The molecule has 1 N–H and O–H groups in total. The predicted molar refractivity (Wildman–Crippen MR) is 119 cm³/mol. The van der Waals surface area contributed by atoms with Gasteiger partial charge in [-0.2, -0.15) is 4.98 Å². The van der Waals surface area contributed by atoms with Crippen LogP contribution in [0.1, 0.15) is 53.6 Å². The lowest BCUT2D eigenvalue weighted by Crippen LogP contribution is -2.28. The van der Waals surface area contributed by atoms with Crippen LogP contribution in [0.4, 0.5) is 5.82 Å². The van der Waals surface area contributed by atoms with Crippen LogP contribution >= 0.6 is 0 Å². The molecule has 5 heteroatoms. The molecule has 0 bridgehead atoms. The largest absolute Gasteiger partial charge is 0.481 e. The number of methoxy groups -OCH3 is 1. The summed E-state index contributed by atoms with van der Waals surface area (Å²) in [5.74, 6) is 3.31. The molecule has 3 aliphatic carbocycles. The summed E-state index contributed by atoms with van der Waals surface area (Å²) in [6, 6.07) is 11.5. The Bertz CT molecular complexity index is 1010. The highest BCUT2D eigenvalue weighted by Crippen LogP contribution is 2.59. The van der Waals surface area contributed by atoms with Crippen LogP contribution in [0.15, 0.2) is 36.4 Å². The predicted octanol–water partition coefficient (Wildman–Crippen LogP) is 4.83. The van der Waals surface area contributed by atoms with Gasteiger partial charge in [0.15, 0.2) is 5.78 Å². The summed E-state index contributed by atoms with van der Waals surface area (Å²) in [6.45, 7) is 2.12. The fraction of sp³-hybridized carbons (Fsp3) is 0.500. The first-order valence-electron chi connectivity index (χ1n) is 11.5. The first-order chi connectivity index (χ1) is 15.1. The SMILES string of the molecule is COc1cccc(NC(=O)C2CCC(C3C4CCc5c(C)cccc5C(=O)C43)CC2)n1. The Morgan fingerprint density at radius 2 is 1.84 bits per heavy atom. The summed E-state index contributed by atoms with van der Waals surface area (Å²) in [7, 11) is 1.57. The van der Waals surface area contributed by atoms with E-state index in [1.54, 1.807) is 19.2 Å². The van der Waals surface area contributed by atoms with Gasteiger partial charge in [-0.1, -0.05) is 24.3 Å². The molecule has 0 aliphatic heterocycles. The Balaban J connectivity index is 1.19. The van der Waals surface area contributed by atoms with E-state index in [1.807, 2.05) is 18.2 Å². The average Bonchev–Trinajstić information content (AvgIpc) is 3.53. The van der Waals surface area contributed by atoms with E-state index >= 15 is 0 Å². The number of rotatable bonds is 4. The minimum absolute atomic E-state index is 0.0203. The number of carbonyl (C=O) groups is 2. The van der Waals surface area contributed by atoms with E-state index in [9.17, 15) is 9.59 Å². The number of anilines is 1. The molecular formula is C26H30N2O3. The molecule has 3 atom stereocenters. The molecule has 0 radical (unpaired) electrons. The van der Waals surface area contributed by atoms with E-state index in [2.05, 4.69) is 23.3 Å². The van der Waals surface area contributed by atoms with Crippen LogP contribution in [0.5, 0.6) is 5.88 Å². The lowest BCUT2D eigenvalue weighted by atomic mass is 9.77. The van der Waals surface area contributed by atoms with Gasteiger partial charge in [0.1, 0.15) is 5.82 Å². The normalized spacial score (nSPS) is 29.4. The molecule has 31 heavy (non-hydrogen) atoms. The quantitative estimate of drug-likeness (QED) is 0.772. The number of nitrogens with one attached hydrogen (secondary N) is 1. The number of amides is 1. The second-order valence-corrected chi connectivity index (χ2v) is 9.44. The molecule has 1 amide bonds. The third-order valence-corrected chi connectivity index (χ3v) is 7.81. The number of fused-ring (bicyclic) bond motifs is 2. The van der Waals surface area contributed by atoms with Crippen molar-refractivity contribution in [3.05, 3.63) is 53.1 Å². The summed E-state index contributed by atoms with van der Waals surface area (Å²) < 4.78 is 5.13. The number of nitrogens with zero attached hydrogens (tertiary/aromatic N) is 1. The van der Waals surface area contributed by atoms with Crippen molar-refractivity contribution in [2.24, 2.45) is 29.6 Å². The fourth-order valence-corrected chi connectivity index (χ4v) is 6.13. The number of hydrogen-bond donors (Lipinski definition) is 1.